The summed E-state index contributed by atoms with van der Waals surface area (Å²) < 4.78 is 14.0. The smallest absolute Gasteiger partial charge is 0.146 e. The lowest BCUT2D eigenvalue weighted by atomic mass is 9.99. The minimum Gasteiger partial charge on any atom is -0.396 e. The standard InChI is InChI=1S/C16H25FN2O/c1-13-4-2-8-19(12-13)16-10-14(5-6-15(16)17)11-18-7-3-9-20/h5-6,10,13,18,20H,2-4,7-9,11-12H2,1H3. The molecule has 1 aliphatic heterocycles. The fourth-order valence-corrected chi connectivity index (χ4v) is 2.76. The van der Waals surface area contributed by atoms with Gasteiger partial charge < -0.3 is 15.3 Å². The predicted molar refractivity (Wildman–Crippen MR) is 80.4 cm³/mol. The SMILES string of the molecule is CC1CCCN(c2cc(CNCCCO)ccc2F)C1. The van der Waals surface area contributed by atoms with Crippen molar-refractivity contribution in [3.8, 4) is 0 Å². The number of nitrogens with zero attached hydrogens (tertiary/aromatic N) is 1. The second-order valence-electron chi connectivity index (χ2n) is 5.73. The van der Waals surface area contributed by atoms with E-state index in [4.69, 9.17) is 5.11 Å². The van der Waals surface area contributed by atoms with Crippen molar-refractivity contribution in [2.75, 3.05) is 31.1 Å². The normalized spacial score (nSPS) is 19.4. The molecule has 112 valence electrons. The summed E-state index contributed by atoms with van der Waals surface area (Å²) in [5.74, 6) is 0.507. The molecule has 1 fully saturated rings. The maximum Gasteiger partial charge on any atom is 0.146 e. The first-order valence-electron chi connectivity index (χ1n) is 7.55. The van der Waals surface area contributed by atoms with Crippen LogP contribution in [0.5, 0.6) is 0 Å². The highest BCUT2D eigenvalue weighted by atomic mass is 19.1. The second kappa shape index (κ2) is 7.60. The first kappa shape index (κ1) is 15.3. The van der Waals surface area contributed by atoms with E-state index in [1.165, 1.54) is 6.42 Å². The van der Waals surface area contributed by atoms with E-state index in [0.29, 0.717) is 5.92 Å². The average Bonchev–Trinajstić information content (AvgIpc) is 2.45. The van der Waals surface area contributed by atoms with Gasteiger partial charge in [-0.25, -0.2) is 4.39 Å². The zero-order valence-corrected chi connectivity index (χ0v) is 12.2. The first-order chi connectivity index (χ1) is 9.70. The maximum atomic E-state index is 14.0. The van der Waals surface area contributed by atoms with Crippen LogP contribution < -0.4 is 10.2 Å². The Balaban J connectivity index is 2.00. The Morgan fingerprint density at radius 2 is 2.30 bits per heavy atom. The molecule has 0 bridgehead atoms. The molecular formula is C16H25FN2O. The quantitative estimate of drug-likeness (QED) is 0.786. The third-order valence-electron chi connectivity index (χ3n) is 3.85. The molecule has 1 atom stereocenters. The minimum absolute atomic E-state index is 0.127. The topological polar surface area (TPSA) is 35.5 Å². The Morgan fingerprint density at radius 1 is 1.45 bits per heavy atom. The second-order valence-corrected chi connectivity index (χ2v) is 5.73. The molecule has 1 aromatic rings. The Labute approximate surface area is 120 Å². The van der Waals surface area contributed by atoms with Gasteiger partial charge in [-0.15, -0.1) is 0 Å². The molecule has 3 nitrogen and oxygen atoms in total. The molecule has 2 rings (SSSR count). The van der Waals surface area contributed by atoms with E-state index in [2.05, 4.69) is 17.1 Å². The Kier molecular flexibility index (Phi) is 5.80. The van der Waals surface area contributed by atoms with Gasteiger partial charge in [0.05, 0.1) is 5.69 Å². The molecule has 0 aromatic heterocycles. The van der Waals surface area contributed by atoms with Gasteiger partial charge in [-0.3, -0.25) is 0 Å². The summed E-state index contributed by atoms with van der Waals surface area (Å²) in [5, 5.41) is 12.0. The number of rotatable bonds is 6. The molecule has 1 heterocycles. The van der Waals surface area contributed by atoms with Crippen molar-refractivity contribution in [2.24, 2.45) is 5.92 Å². The van der Waals surface area contributed by atoms with Crippen LogP contribution in [0.15, 0.2) is 18.2 Å². The van der Waals surface area contributed by atoms with Gasteiger partial charge in [0.1, 0.15) is 5.82 Å². The molecule has 4 heteroatoms. The largest absolute Gasteiger partial charge is 0.396 e. The molecule has 1 unspecified atom stereocenters. The van der Waals surface area contributed by atoms with Crippen LogP contribution in [-0.2, 0) is 6.54 Å². The summed E-state index contributed by atoms with van der Waals surface area (Å²) in [6.07, 6.45) is 3.12. The van der Waals surface area contributed by atoms with Crippen molar-refractivity contribution in [2.45, 2.75) is 32.7 Å². The molecule has 1 saturated heterocycles. The molecule has 0 radical (unpaired) electrons. The number of aliphatic hydroxyl groups is 1. The van der Waals surface area contributed by atoms with Crippen LogP contribution in [0.3, 0.4) is 0 Å². The number of halogens is 1. The molecule has 0 spiro atoms. The summed E-state index contributed by atoms with van der Waals surface area (Å²) in [5.41, 5.74) is 1.83. The van der Waals surface area contributed by atoms with Crippen LogP contribution in [0.4, 0.5) is 10.1 Å². The molecule has 1 aromatic carbocycles. The summed E-state index contributed by atoms with van der Waals surface area (Å²) in [7, 11) is 0. The fraction of sp³-hybridized carbons (Fsp3) is 0.625. The molecule has 20 heavy (non-hydrogen) atoms. The summed E-state index contributed by atoms with van der Waals surface area (Å²) in [6.45, 7) is 5.82. The highest BCUT2D eigenvalue weighted by Crippen LogP contribution is 2.26. The third kappa shape index (κ3) is 4.18. The summed E-state index contributed by atoms with van der Waals surface area (Å²) >= 11 is 0. The highest BCUT2D eigenvalue weighted by Gasteiger charge is 2.19. The van der Waals surface area contributed by atoms with Gasteiger partial charge in [-0.05, 0) is 49.4 Å². The van der Waals surface area contributed by atoms with Gasteiger partial charge >= 0.3 is 0 Å². The molecule has 1 aliphatic rings. The molecule has 0 saturated carbocycles. The summed E-state index contributed by atoms with van der Waals surface area (Å²) in [6, 6.07) is 5.36. The van der Waals surface area contributed by atoms with Crippen LogP contribution in [0.2, 0.25) is 0 Å². The van der Waals surface area contributed by atoms with Gasteiger partial charge in [0.25, 0.3) is 0 Å². The average molecular weight is 280 g/mol. The Morgan fingerprint density at radius 3 is 3.05 bits per heavy atom. The van der Waals surface area contributed by atoms with Crippen molar-refractivity contribution in [1.29, 1.82) is 0 Å². The lowest BCUT2D eigenvalue weighted by molar-refractivity contribution is 0.286. The Hall–Kier alpha value is -1.13. The van der Waals surface area contributed by atoms with Crippen molar-refractivity contribution >= 4 is 5.69 Å². The molecule has 2 N–H and O–H groups in total. The number of hydrogen-bond acceptors (Lipinski definition) is 3. The number of benzene rings is 1. The molecule has 0 aliphatic carbocycles. The van der Waals surface area contributed by atoms with Gasteiger partial charge in [0.15, 0.2) is 0 Å². The Bertz CT molecular complexity index is 425. The maximum absolute atomic E-state index is 14.0. The van der Waals surface area contributed by atoms with E-state index < -0.39 is 0 Å². The van der Waals surface area contributed by atoms with Gasteiger partial charge in [-0.2, -0.15) is 0 Å². The van der Waals surface area contributed by atoms with Crippen molar-refractivity contribution in [3.63, 3.8) is 0 Å². The van der Waals surface area contributed by atoms with E-state index in [0.717, 1.165) is 50.3 Å². The zero-order valence-electron chi connectivity index (χ0n) is 12.2. The monoisotopic (exact) mass is 280 g/mol. The van der Waals surface area contributed by atoms with Crippen LogP contribution in [0.25, 0.3) is 0 Å². The molecule has 0 amide bonds. The third-order valence-corrected chi connectivity index (χ3v) is 3.85. The van der Waals surface area contributed by atoms with Gasteiger partial charge in [0.2, 0.25) is 0 Å². The van der Waals surface area contributed by atoms with Crippen molar-refractivity contribution < 1.29 is 9.50 Å². The van der Waals surface area contributed by atoms with Crippen molar-refractivity contribution in [3.05, 3.63) is 29.6 Å². The minimum atomic E-state index is -0.127. The molecular weight excluding hydrogens is 255 g/mol. The number of piperidine rings is 1. The lowest BCUT2D eigenvalue weighted by Crippen LogP contribution is -2.34. The van der Waals surface area contributed by atoms with E-state index in [1.54, 1.807) is 6.07 Å². The van der Waals surface area contributed by atoms with Crippen LogP contribution in [0, 0.1) is 11.7 Å². The van der Waals surface area contributed by atoms with E-state index in [-0.39, 0.29) is 12.4 Å². The van der Waals surface area contributed by atoms with Crippen molar-refractivity contribution in [1.82, 2.24) is 5.32 Å². The fourth-order valence-electron chi connectivity index (χ4n) is 2.76. The zero-order chi connectivity index (χ0) is 14.4. The number of aliphatic hydroxyl groups excluding tert-OH is 1. The number of nitrogens with one attached hydrogen (secondary N) is 1. The number of anilines is 1. The van der Waals surface area contributed by atoms with Crippen LogP contribution >= 0.6 is 0 Å². The number of hydrogen-bond donors (Lipinski definition) is 2. The van der Waals surface area contributed by atoms with E-state index in [9.17, 15) is 4.39 Å². The highest BCUT2D eigenvalue weighted by molar-refractivity contribution is 5.50. The van der Waals surface area contributed by atoms with E-state index in [1.807, 2.05) is 12.1 Å². The lowest BCUT2D eigenvalue weighted by Gasteiger charge is -2.33. The first-order valence-corrected chi connectivity index (χ1v) is 7.55. The van der Waals surface area contributed by atoms with Crippen LogP contribution in [0.1, 0.15) is 31.7 Å². The van der Waals surface area contributed by atoms with Gasteiger partial charge in [0, 0.05) is 26.2 Å². The van der Waals surface area contributed by atoms with E-state index >= 15 is 0 Å². The predicted octanol–water partition coefficient (Wildman–Crippen LogP) is 2.53. The summed E-state index contributed by atoms with van der Waals surface area (Å²) in [4.78, 5) is 2.17. The van der Waals surface area contributed by atoms with Gasteiger partial charge in [-0.1, -0.05) is 13.0 Å². The van der Waals surface area contributed by atoms with Crippen LogP contribution in [-0.4, -0.2) is 31.3 Å².